The Morgan fingerprint density at radius 2 is 1.75 bits per heavy atom. The van der Waals surface area contributed by atoms with Crippen LogP contribution in [0.4, 0.5) is 11.5 Å². The van der Waals surface area contributed by atoms with Crippen LogP contribution in [0, 0.1) is 12.8 Å². The second-order valence-corrected chi connectivity index (χ2v) is 11.4. The van der Waals surface area contributed by atoms with Gasteiger partial charge in [0, 0.05) is 44.5 Å². The molecule has 8 heteroatoms. The summed E-state index contributed by atoms with van der Waals surface area (Å²) in [5, 5.41) is 0. The van der Waals surface area contributed by atoms with Gasteiger partial charge < -0.3 is 9.80 Å². The number of pyridine rings is 1. The van der Waals surface area contributed by atoms with Gasteiger partial charge in [-0.2, -0.15) is 0 Å². The summed E-state index contributed by atoms with van der Waals surface area (Å²) in [6.45, 7) is 7.34. The van der Waals surface area contributed by atoms with Crippen molar-refractivity contribution in [2.75, 3.05) is 47.7 Å². The van der Waals surface area contributed by atoms with Crippen molar-refractivity contribution in [2.24, 2.45) is 5.92 Å². The molecule has 0 N–H and O–H groups in total. The van der Waals surface area contributed by atoms with Crippen molar-refractivity contribution in [1.29, 1.82) is 0 Å². The first-order valence-corrected chi connectivity index (χ1v) is 13.0. The number of piperazine rings is 1. The number of anilines is 2. The van der Waals surface area contributed by atoms with Gasteiger partial charge in [-0.1, -0.05) is 13.0 Å². The van der Waals surface area contributed by atoms with Gasteiger partial charge in [-0.05, 0) is 67.0 Å². The molecular formula is C24H30N4O3S. The monoisotopic (exact) mass is 454 g/mol. The molecule has 3 aliphatic rings. The highest BCUT2D eigenvalue weighted by molar-refractivity contribution is 7.93. The molecular weight excluding hydrogens is 424 g/mol. The largest absolute Gasteiger partial charge is 0.353 e. The lowest BCUT2D eigenvalue weighted by molar-refractivity contribution is 0.0746. The number of carbonyl (C=O) groups excluding carboxylic acids is 1. The third-order valence-electron chi connectivity index (χ3n) is 6.70. The SMILES string of the molecule is Cc1cc(C2CC2)cnc1N1CCN(C(=O)c2ccc(N3C[C@@H](C)CS3(=O)=O)cc2)CC1. The van der Waals surface area contributed by atoms with Crippen LogP contribution in [-0.4, -0.2) is 62.7 Å². The van der Waals surface area contributed by atoms with Gasteiger partial charge in [-0.25, -0.2) is 13.4 Å². The van der Waals surface area contributed by atoms with E-state index in [1.807, 2.05) is 18.0 Å². The van der Waals surface area contributed by atoms with Crippen molar-refractivity contribution in [2.45, 2.75) is 32.6 Å². The summed E-state index contributed by atoms with van der Waals surface area (Å²) in [6, 6.07) is 9.23. The van der Waals surface area contributed by atoms with Crippen molar-refractivity contribution >= 4 is 27.4 Å². The van der Waals surface area contributed by atoms with Crippen LogP contribution in [0.2, 0.25) is 0 Å². The van der Waals surface area contributed by atoms with E-state index in [-0.39, 0.29) is 17.6 Å². The molecule has 3 heterocycles. The zero-order chi connectivity index (χ0) is 22.5. The lowest BCUT2D eigenvalue weighted by Crippen LogP contribution is -2.49. The van der Waals surface area contributed by atoms with Crippen LogP contribution < -0.4 is 9.21 Å². The van der Waals surface area contributed by atoms with E-state index in [4.69, 9.17) is 4.98 Å². The van der Waals surface area contributed by atoms with E-state index in [0.717, 1.165) is 18.9 Å². The second-order valence-electron chi connectivity index (χ2n) is 9.42. The Bertz CT molecular complexity index is 1120. The van der Waals surface area contributed by atoms with Crippen molar-refractivity contribution in [3.8, 4) is 0 Å². The van der Waals surface area contributed by atoms with Crippen LogP contribution in [0.5, 0.6) is 0 Å². The first kappa shape index (κ1) is 21.2. The number of aryl methyl sites for hydroxylation is 1. The Labute approximate surface area is 190 Å². The Morgan fingerprint density at radius 1 is 1.06 bits per heavy atom. The minimum Gasteiger partial charge on any atom is -0.353 e. The molecule has 7 nitrogen and oxygen atoms in total. The van der Waals surface area contributed by atoms with Gasteiger partial charge in [0.2, 0.25) is 10.0 Å². The molecule has 3 fully saturated rings. The Balaban J connectivity index is 1.22. The summed E-state index contributed by atoms with van der Waals surface area (Å²) >= 11 is 0. The topological polar surface area (TPSA) is 73.8 Å². The molecule has 2 saturated heterocycles. The maximum Gasteiger partial charge on any atom is 0.253 e. The second kappa shape index (κ2) is 8.06. The molecule has 0 unspecified atom stereocenters. The van der Waals surface area contributed by atoms with Gasteiger partial charge in [-0.15, -0.1) is 0 Å². The van der Waals surface area contributed by atoms with Gasteiger partial charge in [0.05, 0.1) is 11.4 Å². The maximum atomic E-state index is 13.0. The highest BCUT2D eigenvalue weighted by Crippen LogP contribution is 2.40. The zero-order valence-electron chi connectivity index (χ0n) is 18.7. The lowest BCUT2D eigenvalue weighted by atomic mass is 10.1. The highest BCUT2D eigenvalue weighted by atomic mass is 32.2. The minimum absolute atomic E-state index is 0.0115. The van der Waals surface area contributed by atoms with Crippen LogP contribution >= 0.6 is 0 Å². The highest BCUT2D eigenvalue weighted by Gasteiger charge is 2.34. The Morgan fingerprint density at radius 3 is 2.31 bits per heavy atom. The van der Waals surface area contributed by atoms with Gasteiger partial charge in [0.25, 0.3) is 5.91 Å². The number of rotatable bonds is 4. The number of amides is 1. The molecule has 1 aromatic carbocycles. The molecule has 0 bridgehead atoms. The molecule has 1 aliphatic carbocycles. The molecule has 0 spiro atoms. The number of hydrogen-bond donors (Lipinski definition) is 0. The molecule has 1 amide bonds. The van der Waals surface area contributed by atoms with Crippen LogP contribution in [0.15, 0.2) is 36.5 Å². The van der Waals surface area contributed by atoms with E-state index in [2.05, 4.69) is 17.9 Å². The fourth-order valence-electron chi connectivity index (χ4n) is 4.80. The Kier molecular flexibility index (Phi) is 5.35. The summed E-state index contributed by atoms with van der Waals surface area (Å²) in [5.41, 5.74) is 3.78. The van der Waals surface area contributed by atoms with Gasteiger partial charge in [-0.3, -0.25) is 9.10 Å². The average molecular weight is 455 g/mol. The number of aromatic nitrogens is 1. The molecule has 5 rings (SSSR count). The van der Waals surface area contributed by atoms with Gasteiger partial charge >= 0.3 is 0 Å². The quantitative estimate of drug-likeness (QED) is 0.710. The zero-order valence-corrected chi connectivity index (χ0v) is 19.5. The fraction of sp³-hybridized carbons (Fsp3) is 0.500. The molecule has 0 radical (unpaired) electrons. The van der Waals surface area contributed by atoms with E-state index in [9.17, 15) is 13.2 Å². The molecule has 1 aromatic heterocycles. The number of sulfonamides is 1. The van der Waals surface area contributed by atoms with E-state index in [1.54, 1.807) is 24.3 Å². The summed E-state index contributed by atoms with van der Waals surface area (Å²) in [7, 11) is -3.26. The normalized spacial score (nSPS) is 22.9. The van der Waals surface area contributed by atoms with Gasteiger partial charge in [0.1, 0.15) is 5.82 Å². The number of carbonyl (C=O) groups is 1. The standard InChI is InChI=1S/C24H30N4O3S/c1-17-15-28(32(30,31)16-17)22-7-5-20(6-8-22)24(29)27-11-9-26(10-12-27)23-18(2)13-21(14-25-23)19-3-4-19/h5-8,13-14,17,19H,3-4,9-12,15-16H2,1-2H3/t17-/m1/s1. The van der Waals surface area contributed by atoms with Crippen LogP contribution in [0.1, 0.15) is 47.2 Å². The van der Waals surface area contributed by atoms with Crippen molar-refractivity contribution < 1.29 is 13.2 Å². The van der Waals surface area contributed by atoms with E-state index in [1.165, 1.54) is 28.3 Å². The maximum absolute atomic E-state index is 13.0. The molecule has 2 aliphatic heterocycles. The summed E-state index contributed by atoms with van der Waals surface area (Å²) in [4.78, 5) is 21.9. The minimum atomic E-state index is -3.26. The van der Waals surface area contributed by atoms with E-state index in [0.29, 0.717) is 36.8 Å². The van der Waals surface area contributed by atoms with Crippen LogP contribution in [-0.2, 0) is 10.0 Å². The predicted octanol–water partition coefficient (Wildman–Crippen LogP) is 3.02. The average Bonchev–Trinajstić information content (AvgIpc) is 3.58. The van der Waals surface area contributed by atoms with Crippen LogP contribution in [0.3, 0.4) is 0 Å². The van der Waals surface area contributed by atoms with Crippen molar-refractivity contribution in [1.82, 2.24) is 9.88 Å². The fourth-order valence-corrected chi connectivity index (χ4v) is 6.73. The van der Waals surface area contributed by atoms with Crippen molar-refractivity contribution in [3.63, 3.8) is 0 Å². The molecule has 1 saturated carbocycles. The number of hydrogen-bond acceptors (Lipinski definition) is 5. The van der Waals surface area contributed by atoms with Crippen LogP contribution in [0.25, 0.3) is 0 Å². The molecule has 170 valence electrons. The summed E-state index contributed by atoms with van der Waals surface area (Å²) in [5.74, 6) is 2.00. The Hall–Kier alpha value is -2.61. The first-order valence-electron chi connectivity index (χ1n) is 11.4. The molecule has 1 atom stereocenters. The summed E-state index contributed by atoms with van der Waals surface area (Å²) in [6.07, 6.45) is 4.56. The van der Waals surface area contributed by atoms with E-state index < -0.39 is 10.0 Å². The van der Waals surface area contributed by atoms with Crippen molar-refractivity contribution in [3.05, 3.63) is 53.2 Å². The third kappa shape index (κ3) is 4.08. The summed E-state index contributed by atoms with van der Waals surface area (Å²) < 4.78 is 26.1. The lowest BCUT2D eigenvalue weighted by Gasteiger charge is -2.36. The number of nitrogens with zero attached hydrogens (tertiary/aromatic N) is 4. The van der Waals surface area contributed by atoms with E-state index >= 15 is 0 Å². The smallest absolute Gasteiger partial charge is 0.253 e. The third-order valence-corrected chi connectivity index (χ3v) is 8.72. The predicted molar refractivity (Wildman–Crippen MR) is 126 cm³/mol. The molecule has 32 heavy (non-hydrogen) atoms. The number of benzene rings is 1. The molecule has 2 aromatic rings. The van der Waals surface area contributed by atoms with Gasteiger partial charge in [0.15, 0.2) is 0 Å². The first-order chi connectivity index (χ1) is 15.3.